The van der Waals surface area contributed by atoms with E-state index in [1.165, 1.54) is 6.42 Å². The zero-order valence-corrected chi connectivity index (χ0v) is 13.8. The van der Waals surface area contributed by atoms with Gasteiger partial charge in [0.2, 0.25) is 5.91 Å². The summed E-state index contributed by atoms with van der Waals surface area (Å²) in [5, 5.41) is 17.5. The van der Waals surface area contributed by atoms with Crippen molar-refractivity contribution in [2.75, 3.05) is 26.2 Å². The van der Waals surface area contributed by atoms with Gasteiger partial charge < -0.3 is 21.3 Å². The van der Waals surface area contributed by atoms with Gasteiger partial charge in [0, 0.05) is 12.6 Å². The van der Waals surface area contributed by atoms with E-state index in [2.05, 4.69) is 10.2 Å². The molecule has 0 aromatic carbocycles. The van der Waals surface area contributed by atoms with Crippen LogP contribution in [0.4, 0.5) is 26.3 Å². The van der Waals surface area contributed by atoms with E-state index in [4.69, 9.17) is 25.5 Å². The van der Waals surface area contributed by atoms with E-state index < -0.39 is 24.3 Å². The number of nitrogens with one attached hydrogen (secondary N) is 1. The number of primary amides is 1. The molecule has 8 nitrogen and oxygen atoms in total. The summed E-state index contributed by atoms with van der Waals surface area (Å²) in [6, 6.07) is 0.410. The smallest absolute Gasteiger partial charge is 0.475 e. The first-order valence-corrected chi connectivity index (χ1v) is 7.52. The highest BCUT2D eigenvalue weighted by molar-refractivity contribution is 5.77. The predicted octanol–water partition coefficient (Wildman–Crippen LogP) is 0.422. The number of nitrogens with two attached hydrogens (primary N) is 1. The minimum atomic E-state index is -5.08. The van der Waals surface area contributed by atoms with Crippen LogP contribution < -0.4 is 11.1 Å². The molecule has 2 saturated heterocycles. The van der Waals surface area contributed by atoms with Crippen molar-refractivity contribution in [1.29, 1.82) is 0 Å². The Balaban J connectivity index is 0.000000416. The number of nitrogens with zero attached hydrogens (tertiary/aromatic N) is 1. The van der Waals surface area contributed by atoms with Crippen LogP contribution in [0, 0.1) is 5.92 Å². The summed E-state index contributed by atoms with van der Waals surface area (Å²) in [5.41, 5.74) is 5.37. The number of carbonyl (C=O) groups is 3. The number of rotatable bonds is 2. The average molecular weight is 411 g/mol. The lowest BCUT2D eigenvalue weighted by molar-refractivity contribution is -0.193. The van der Waals surface area contributed by atoms with Gasteiger partial charge in [-0.05, 0) is 32.5 Å². The van der Waals surface area contributed by atoms with Crippen molar-refractivity contribution in [1.82, 2.24) is 10.2 Å². The predicted molar refractivity (Wildman–Crippen MR) is 77.5 cm³/mol. The molecule has 0 saturated carbocycles. The fourth-order valence-electron chi connectivity index (χ4n) is 2.24. The number of hydrogen-bond acceptors (Lipinski definition) is 5. The SMILES string of the molecule is NC(=O)[C@H]1CNCC[C@H]1N1CCC1.O=C(O)C(F)(F)F.O=C(O)C(F)(F)F. The number of carbonyl (C=O) groups excluding carboxylic acids is 1. The lowest BCUT2D eigenvalue weighted by Gasteiger charge is -2.43. The number of likely N-dealkylation sites (tertiary alicyclic amines) is 1. The Morgan fingerprint density at radius 3 is 1.63 bits per heavy atom. The van der Waals surface area contributed by atoms with Crippen LogP contribution in [0.3, 0.4) is 0 Å². The normalized spacial score (nSPS) is 22.9. The lowest BCUT2D eigenvalue weighted by atomic mass is 9.89. The van der Waals surface area contributed by atoms with Crippen LogP contribution in [0.2, 0.25) is 0 Å². The maximum Gasteiger partial charge on any atom is 0.490 e. The summed E-state index contributed by atoms with van der Waals surface area (Å²) in [6.07, 6.45) is -7.83. The Morgan fingerprint density at radius 1 is 0.963 bits per heavy atom. The standard InChI is InChI=1S/C9H17N3O.2C2HF3O2/c10-9(13)7-6-11-3-2-8(7)12-4-1-5-12;2*3-2(4,5)1(6)7/h7-8,11H,1-6H2,(H2,10,13);2*(H,6,7)/t7-,8+;;/m0../s1. The minimum Gasteiger partial charge on any atom is -0.475 e. The quantitative estimate of drug-likeness (QED) is 0.484. The van der Waals surface area contributed by atoms with E-state index in [0.29, 0.717) is 6.04 Å². The van der Waals surface area contributed by atoms with Gasteiger partial charge in [0.05, 0.1) is 5.92 Å². The molecule has 0 spiro atoms. The molecule has 0 radical (unpaired) electrons. The molecule has 0 aliphatic carbocycles. The molecule has 0 bridgehead atoms. The Labute approximate surface area is 149 Å². The average Bonchev–Trinajstić information content (AvgIpc) is 2.45. The molecule has 1 amide bonds. The molecule has 2 atom stereocenters. The Hall–Kier alpha value is -2.09. The molecular formula is C13H19F6N3O5. The van der Waals surface area contributed by atoms with Gasteiger partial charge in [-0.25, -0.2) is 9.59 Å². The molecule has 5 N–H and O–H groups in total. The zero-order chi connectivity index (χ0) is 21.4. The number of alkyl halides is 6. The number of halogens is 6. The minimum absolute atomic E-state index is 0.0223. The number of amides is 1. The van der Waals surface area contributed by atoms with Gasteiger partial charge in [-0.3, -0.25) is 9.69 Å². The maximum absolute atomic E-state index is 11.2. The van der Waals surface area contributed by atoms with Crippen molar-refractivity contribution in [2.24, 2.45) is 11.7 Å². The molecule has 158 valence electrons. The van der Waals surface area contributed by atoms with Crippen molar-refractivity contribution in [3.63, 3.8) is 0 Å². The van der Waals surface area contributed by atoms with Crippen LogP contribution in [0.15, 0.2) is 0 Å². The van der Waals surface area contributed by atoms with Crippen LogP contribution in [0.25, 0.3) is 0 Å². The first-order chi connectivity index (χ1) is 12.2. The van der Waals surface area contributed by atoms with Gasteiger partial charge in [-0.1, -0.05) is 0 Å². The van der Waals surface area contributed by atoms with Gasteiger partial charge in [-0.2, -0.15) is 26.3 Å². The lowest BCUT2D eigenvalue weighted by Crippen LogP contribution is -2.57. The number of carboxylic acid groups (broad SMARTS) is 2. The number of piperidine rings is 1. The first-order valence-electron chi connectivity index (χ1n) is 7.52. The van der Waals surface area contributed by atoms with Gasteiger partial charge in [0.1, 0.15) is 0 Å². The van der Waals surface area contributed by atoms with E-state index in [1.807, 2.05) is 0 Å². The molecule has 0 unspecified atom stereocenters. The van der Waals surface area contributed by atoms with Crippen molar-refractivity contribution in [2.45, 2.75) is 31.2 Å². The molecule has 0 aromatic rings. The Kier molecular flexibility index (Phi) is 9.50. The van der Waals surface area contributed by atoms with Gasteiger partial charge in [0.15, 0.2) is 0 Å². The second-order valence-electron chi connectivity index (χ2n) is 5.56. The van der Waals surface area contributed by atoms with Crippen LogP contribution in [-0.2, 0) is 14.4 Å². The van der Waals surface area contributed by atoms with Crippen LogP contribution in [0.1, 0.15) is 12.8 Å². The van der Waals surface area contributed by atoms with Gasteiger partial charge >= 0.3 is 24.3 Å². The van der Waals surface area contributed by atoms with Crippen molar-refractivity contribution in [3.8, 4) is 0 Å². The summed E-state index contributed by atoms with van der Waals surface area (Å²) in [7, 11) is 0. The second kappa shape index (κ2) is 10.3. The van der Waals surface area contributed by atoms with Crippen molar-refractivity contribution in [3.05, 3.63) is 0 Å². The molecule has 27 heavy (non-hydrogen) atoms. The Bertz CT molecular complexity index is 498. The highest BCUT2D eigenvalue weighted by Crippen LogP contribution is 2.22. The topological polar surface area (TPSA) is 133 Å². The summed E-state index contributed by atoms with van der Waals surface area (Å²) < 4.78 is 63.5. The fraction of sp³-hybridized carbons (Fsp3) is 0.769. The monoisotopic (exact) mass is 411 g/mol. The molecule has 14 heteroatoms. The van der Waals surface area contributed by atoms with Crippen molar-refractivity contribution >= 4 is 17.8 Å². The molecule has 2 aliphatic heterocycles. The Morgan fingerprint density at radius 2 is 1.37 bits per heavy atom. The third-order valence-corrected chi connectivity index (χ3v) is 3.66. The highest BCUT2D eigenvalue weighted by Gasteiger charge is 2.39. The van der Waals surface area contributed by atoms with Gasteiger partial charge in [-0.15, -0.1) is 0 Å². The molecule has 2 heterocycles. The summed E-state index contributed by atoms with van der Waals surface area (Å²) in [6.45, 7) is 4.07. The third-order valence-electron chi connectivity index (χ3n) is 3.66. The molecule has 2 rings (SSSR count). The van der Waals surface area contributed by atoms with Crippen LogP contribution in [-0.4, -0.2) is 77.5 Å². The van der Waals surface area contributed by atoms with Crippen molar-refractivity contribution < 1.29 is 50.9 Å². The number of hydrogen-bond donors (Lipinski definition) is 4. The summed E-state index contributed by atoms with van der Waals surface area (Å²) in [4.78, 5) is 31.3. The second-order valence-corrected chi connectivity index (χ2v) is 5.56. The number of carboxylic acids is 2. The third kappa shape index (κ3) is 9.42. The van der Waals surface area contributed by atoms with Crippen LogP contribution >= 0.6 is 0 Å². The summed E-state index contributed by atoms with van der Waals surface area (Å²) >= 11 is 0. The molecule has 2 aliphatic rings. The van der Waals surface area contributed by atoms with E-state index in [1.54, 1.807) is 0 Å². The van der Waals surface area contributed by atoms with E-state index in [0.717, 1.165) is 32.6 Å². The van der Waals surface area contributed by atoms with Gasteiger partial charge in [0.25, 0.3) is 0 Å². The molecular weight excluding hydrogens is 392 g/mol. The largest absolute Gasteiger partial charge is 0.490 e. The summed E-state index contributed by atoms with van der Waals surface area (Å²) in [5.74, 6) is -5.64. The fourth-order valence-corrected chi connectivity index (χ4v) is 2.24. The molecule has 2 fully saturated rings. The van der Waals surface area contributed by atoms with E-state index in [9.17, 15) is 31.1 Å². The number of aliphatic carboxylic acids is 2. The first kappa shape index (κ1) is 24.9. The highest BCUT2D eigenvalue weighted by atomic mass is 19.4. The van der Waals surface area contributed by atoms with E-state index in [-0.39, 0.29) is 11.8 Å². The van der Waals surface area contributed by atoms with Crippen LogP contribution in [0.5, 0.6) is 0 Å². The van der Waals surface area contributed by atoms with E-state index >= 15 is 0 Å². The molecule has 0 aromatic heterocycles. The maximum atomic E-state index is 11.2. The zero-order valence-electron chi connectivity index (χ0n) is 13.8.